The standard InChI is InChI=1S/C20H16FN5O3/c1-11-17-14(20(28)24-23-19(27)12-5-7-13(21)8-6-12)10-15(16-4-3-9-29-16)22-18(17)26(2)25-11/h3-10H,1-2H3,(H,23,27)(H,24,28). The van der Waals surface area contributed by atoms with Crippen molar-refractivity contribution in [3.05, 3.63) is 71.4 Å². The van der Waals surface area contributed by atoms with Crippen LogP contribution < -0.4 is 10.9 Å². The van der Waals surface area contributed by atoms with Gasteiger partial charge in [-0.15, -0.1) is 0 Å². The first kappa shape index (κ1) is 18.4. The van der Waals surface area contributed by atoms with E-state index in [4.69, 9.17) is 4.42 Å². The number of aromatic nitrogens is 3. The highest BCUT2D eigenvalue weighted by Gasteiger charge is 2.20. The molecule has 9 heteroatoms. The minimum atomic E-state index is -0.571. The minimum Gasteiger partial charge on any atom is -0.463 e. The highest BCUT2D eigenvalue weighted by atomic mass is 19.1. The molecule has 0 saturated heterocycles. The first-order chi connectivity index (χ1) is 13.9. The molecule has 146 valence electrons. The van der Waals surface area contributed by atoms with Crippen LogP contribution in [0.5, 0.6) is 0 Å². The molecule has 2 N–H and O–H groups in total. The third-order valence-electron chi connectivity index (χ3n) is 4.38. The maximum atomic E-state index is 13.0. The zero-order chi connectivity index (χ0) is 20.5. The number of fused-ring (bicyclic) bond motifs is 1. The second kappa shape index (κ2) is 7.19. The van der Waals surface area contributed by atoms with Crippen LogP contribution in [0.15, 0.2) is 53.1 Å². The van der Waals surface area contributed by atoms with Crippen LogP contribution in [0.1, 0.15) is 26.4 Å². The zero-order valence-corrected chi connectivity index (χ0v) is 15.6. The Morgan fingerprint density at radius 2 is 1.83 bits per heavy atom. The van der Waals surface area contributed by atoms with E-state index in [0.717, 1.165) is 12.1 Å². The average Bonchev–Trinajstić information content (AvgIpc) is 3.34. The predicted octanol–water partition coefficient (Wildman–Crippen LogP) is 2.75. The Labute approximate surface area is 164 Å². The number of carbonyl (C=O) groups is 2. The largest absolute Gasteiger partial charge is 0.463 e. The molecular formula is C20H16FN5O3. The third-order valence-corrected chi connectivity index (χ3v) is 4.38. The smallest absolute Gasteiger partial charge is 0.270 e. The number of benzene rings is 1. The number of aryl methyl sites for hydroxylation is 2. The molecule has 0 saturated carbocycles. The van der Waals surface area contributed by atoms with Gasteiger partial charge in [0.05, 0.1) is 22.9 Å². The monoisotopic (exact) mass is 393 g/mol. The lowest BCUT2D eigenvalue weighted by Crippen LogP contribution is -2.41. The van der Waals surface area contributed by atoms with Crippen molar-refractivity contribution in [3.8, 4) is 11.5 Å². The third kappa shape index (κ3) is 3.45. The molecular weight excluding hydrogens is 377 g/mol. The van der Waals surface area contributed by atoms with Crippen molar-refractivity contribution in [2.24, 2.45) is 7.05 Å². The van der Waals surface area contributed by atoms with Crippen LogP contribution in [0, 0.1) is 12.7 Å². The van der Waals surface area contributed by atoms with Crippen LogP contribution in [0.4, 0.5) is 4.39 Å². The van der Waals surface area contributed by atoms with Gasteiger partial charge in [0, 0.05) is 12.6 Å². The lowest BCUT2D eigenvalue weighted by atomic mass is 10.1. The average molecular weight is 393 g/mol. The number of nitrogens with zero attached hydrogens (tertiary/aromatic N) is 3. The van der Waals surface area contributed by atoms with Gasteiger partial charge in [-0.05, 0) is 49.4 Å². The quantitative estimate of drug-likeness (QED) is 0.521. The van der Waals surface area contributed by atoms with Crippen LogP contribution in [0.3, 0.4) is 0 Å². The molecule has 29 heavy (non-hydrogen) atoms. The molecule has 0 fully saturated rings. The molecule has 2 amide bonds. The number of hydrogen-bond acceptors (Lipinski definition) is 5. The summed E-state index contributed by atoms with van der Waals surface area (Å²) >= 11 is 0. The number of hydrazine groups is 1. The van der Waals surface area contributed by atoms with Gasteiger partial charge in [0.25, 0.3) is 11.8 Å². The first-order valence-electron chi connectivity index (χ1n) is 8.68. The lowest BCUT2D eigenvalue weighted by Gasteiger charge is -2.10. The molecule has 0 spiro atoms. The van der Waals surface area contributed by atoms with E-state index in [0.29, 0.717) is 28.2 Å². The van der Waals surface area contributed by atoms with Gasteiger partial charge in [-0.25, -0.2) is 9.37 Å². The fourth-order valence-corrected chi connectivity index (χ4v) is 3.03. The fraction of sp³-hybridized carbons (Fsp3) is 0.100. The Balaban J connectivity index is 1.66. The van der Waals surface area contributed by atoms with Gasteiger partial charge >= 0.3 is 0 Å². The van der Waals surface area contributed by atoms with Crippen molar-refractivity contribution in [3.63, 3.8) is 0 Å². The Bertz CT molecular complexity index is 1210. The van der Waals surface area contributed by atoms with E-state index >= 15 is 0 Å². The number of pyridine rings is 1. The molecule has 8 nitrogen and oxygen atoms in total. The topological polar surface area (TPSA) is 102 Å². The second-order valence-corrected chi connectivity index (χ2v) is 6.36. The van der Waals surface area contributed by atoms with Crippen LogP contribution >= 0.6 is 0 Å². The van der Waals surface area contributed by atoms with Crippen molar-refractivity contribution >= 4 is 22.8 Å². The Morgan fingerprint density at radius 1 is 1.10 bits per heavy atom. The fourth-order valence-electron chi connectivity index (χ4n) is 3.03. The summed E-state index contributed by atoms with van der Waals surface area (Å²) in [5.41, 5.74) is 6.79. The summed E-state index contributed by atoms with van der Waals surface area (Å²) < 4.78 is 20.0. The molecule has 4 aromatic rings. The lowest BCUT2D eigenvalue weighted by molar-refractivity contribution is 0.0847. The van der Waals surface area contributed by atoms with Crippen molar-refractivity contribution in [1.82, 2.24) is 25.6 Å². The summed E-state index contributed by atoms with van der Waals surface area (Å²) in [6, 6.07) is 10.0. The summed E-state index contributed by atoms with van der Waals surface area (Å²) in [5, 5.41) is 4.89. The van der Waals surface area contributed by atoms with Gasteiger partial charge in [-0.1, -0.05) is 0 Å². The summed E-state index contributed by atoms with van der Waals surface area (Å²) in [4.78, 5) is 29.6. The predicted molar refractivity (Wildman–Crippen MR) is 102 cm³/mol. The van der Waals surface area contributed by atoms with E-state index in [9.17, 15) is 14.0 Å². The van der Waals surface area contributed by atoms with Crippen molar-refractivity contribution < 1.29 is 18.4 Å². The number of hydrogen-bond donors (Lipinski definition) is 2. The minimum absolute atomic E-state index is 0.209. The van der Waals surface area contributed by atoms with Crippen molar-refractivity contribution in [2.75, 3.05) is 0 Å². The molecule has 3 heterocycles. The van der Waals surface area contributed by atoms with Crippen LogP contribution in [0.25, 0.3) is 22.5 Å². The van der Waals surface area contributed by atoms with Crippen molar-refractivity contribution in [2.45, 2.75) is 6.92 Å². The molecule has 0 atom stereocenters. The highest BCUT2D eigenvalue weighted by Crippen LogP contribution is 2.27. The van der Waals surface area contributed by atoms with Crippen LogP contribution in [0.2, 0.25) is 0 Å². The maximum Gasteiger partial charge on any atom is 0.270 e. The maximum absolute atomic E-state index is 13.0. The normalized spacial score (nSPS) is 10.9. The van der Waals surface area contributed by atoms with Crippen molar-refractivity contribution in [1.29, 1.82) is 0 Å². The van der Waals surface area contributed by atoms with Crippen LogP contribution in [-0.4, -0.2) is 26.6 Å². The Hall–Kier alpha value is -4.01. The SMILES string of the molecule is Cc1nn(C)c2nc(-c3ccco3)cc(C(=O)NNC(=O)c3ccc(F)cc3)c12. The van der Waals surface area contributed by atoms with E-state index in [1.165, 1.54) is 18.4 Å². The van der Waals surface area contributed by atoms with E-state index < -0.39 is 17.6 Å². The number of halogens is 1. The summed E-state index contributed by atoms with van der Waals surface area (Å²) in [5.74, 6) is -1.08. The summed E-state index contributed by atoms with van der Waals surface area (Å²) in [7, 11) is 1.73. The summed E-state index contributed by atoms with van der Waals surface area (Å²) in [6.07, 6.45) is 1.51. The molecule has 0 radical (unpaired) electrons. The van der Waals surface area contributed by atoms with Crippen LogP contribution in [-0.2, 0) is 7.05 Å². The highest BCUT2D eigenvalue weighted by molar-refractivity contribution is 6.08. The number of rotatable bonds is 3. The Kier molecular flexibility index (Phi) is 4.55. The molecule has 4 rings (SSSR count). The number of nitrogens with one attached hydrogen (secondary N) is 2. The first-order valence-corrected chi connectivity index (χ1v) is 8.68. The van der Waals surface area contributed by atoms with E-state index in [1.807, 2.05) is 0 Å². The van der Waals surface area contributed by atoms with Gasteiger partial charge in [-0.2, -0.15) is 5.10 Å². The zero-order valence-electron chi connectivity index (χ0n) is 15.6. The van der Waals surface area contributed by atoms with E-state index in [2.05, 4.69) is 20.9 Å². The number of amides is 2. The van der Waals surface area contributed by atoms with E-state index in [-0.39, 0.29) is 11.1 Å². The van der Waals surface area contributed by atoms with Gasteiger partial charge in [0.15, 0.2) is 11.4 Å². The summed E-state index contributed by atoms with van der Waals surface area (Å²) in [6.45, 7) is 1.77. The Morgan fingerprint density at radius 3 is 2.52 bits per heavy atom. The molecule has 0 bridgehead atoms. The molecule has 3 aromatic heterocycles. The van der Waals surface area contributed by atoms with Gasteiger partial charge in [0.1, 0.15) is 11.5 Å². The van der Waals surface area contributed by atoms with E-state index in [1.54, 1.807) is 36.9 Å². The molecule has 1 aromatic carbocycles. The van der Waals surface area contributed by atoms with Gasteiger partial charge in [0.2, 0.25) is 0 Å². The molecule has 0 aliphatic rings. The number of furan rings is 1. The van der Waals surface area contributed by atoms with Gasteiger partial charge in [-0.3, -0.25) is 25.1 Å². The molecule has 0 unspecified atom stereocenters. The second-order valence-electron chi connectivity index (χ2n) is 6.36. The number of carbonyl (C=O) groups excluding carboxylic acids is 2. The molecule has 0 aliphatic carbocycles. The van der Waals surface area contributed by atoms with Gasteiger partial charge < -0.3 is 4.42 Å². The molecule has 0 aliphatic heterocycles.